The van der Waals surface area contributed by atoms with E-state index in [1.807, 2.05) is 20.8 Å². The van der Waals surface area contributed by atoms with Gasteiger partial charge in [0.15, 0.2) is 0 Å². The highest BCUT2D eigenvalue weighted by Gasteiger charge is 2.30. The van der Waals surface area contributed by atoms with E-state index in [-0.39, 0.29) is 12.0 Å². The fourth-order valence-corrected chi connectivity index (χ4v) is 2.97. The van der Waals surface area contributed by atoms with Gasteiger partial charge in [0, 0.05) is 30.5 Å². The molecule has 2 rings (SSSR count). The second-order valence-electron chi connectivity index (χ2n) is 6.14. The average Bonchev–Trinajstić information content (AvgIpc) is 2.67. The van der Waals surface area contributed by atoms with Crippen LogP contribution >= 0.6 is 0 Å². The summed E-state index contributed by atoms with van der Waals surface area (Å²) >= 11 is 0. The lowest BCUT2D eigenvalue weighted by molar-refractivity contribution is -0.129. The average molecular weight is 264 g/mol. The number of rotatable bonds is 3. The maximum Gasteiger partial charge on any atom is 0.227 e. The second kappa shape index (κ2) is 5.00. The number of aryl methyl sites for hydroxylation is 1. The summed E-state index contributed by atoms with van der Waals surface area (Å²) in [5.74, 6) is 0.0470. The predicted molar refractivity (Wildman–Crippen MR) is 74.9 cm³/mol. The molecule has 0 spiro atoms. The molecule has 0 aliphatic heterocycles. The number of nitrogens with one attached hydrogen (secondary N) is 1. The number of hydrogen-bond donors (Lipinski definition) is 2. The Morgan fingerprint density at radius 1 is 1.58 bits per heavy atom. The van der Waals surface area contributed by atoms with Crippen LogP contribution in [0, 0.1) is 12.3 Å². The third-order valence-electron chi connectivity index (χ3n) is 4.09. The first-order valence-electron chi connectivity index (χ1n) is 6.96. The molecule has 1 aliphatic carbocycles. The Labute approximate surface area is 114 Å². The van der Waals surface area contributed by atoms with Crippen molar-refractivity contribution in [1.82, 2.24) is 9.88 Å². The zero-order valence-corrected chi connectivity index (χ0v) is 12.3. The number of nitrogens with zero attached hydrogens (tertiary/aromatic N) is 1. The van der Waals surface area contributed by atoms with Crippen LogP contribution in [-0.2, 0) is 17.8 Å². The van der Waals surface area contributed by atoms with Crippen molar-refractivity contribution in [3.8, 4) is 0 Å². The SMILES string of the molecule is CNC(=O)C(C)(C)Cn1c(C)cc2c1CCCC2O. The minimum Gasteiger partial charge on any atom is -0.388 e. The third kappa shape index (κ3) is 2.54. The van der Waals surface area contributed by atoms with Crippen molar-refractivity contribution < 1.29 is 9.90 Å². The van der Waals surface area contributed by atoms with Crippen molar-refractivity contribution in [2.45, 2.75) is 52.7 Å². The molecule has 0 bridgehead atoms. The van der Waals surface area contributed by atoms with E-state index >= 15 is 0 Å². The van der Waals surface area contributed by atoms with Gasteiger partial charge < -0.3 is 15.0 Å². The van der Waals surface area contributed by atoms with Crippen molar-refractivity contribution in [2.75, 3.05) is 7.05 Å². The van der Waals surface area contributed by atoms with Gasteiger partial charge >= 0.3 is 0 Å². The molecule has 1 aliphatic rings. The number of aliphatic hydroxyl groups is 1. The van der Waals surface area contributed by atoms with E-state index in [2.05, 4.69) is 16.0 Å². The van der Waals surface area contributed by atoms with Crippen molar-refractivity contribution in [3.63, 3.8) is 0 Å². The lowest BCUT2D eigenvalue weighted by atomic mass is 9.91. The van der Waals surface area contributed by atoms with E-state index < -0.39 is 5.41 Å². The summed E-state index contributed by atoms with van der Waals surface area (Å²) < 4.78 is 2.20. The van der Waals surface area contributed by atoms with E-state index in [1.165, 1.54) is 5.69 Å². The van der Waals surface area contributed by atoms with Crippen LogP contribution in [0.25, 0.3) is 0 Å². The molecule has 106 valence electrons. The van der Waals surface area contributed by atoms with Crippen molar-refractivity contribution >= 4 is 5.91 Å². The molecular weight excluding hydrogens is 240 g/mol. The quantitative estimate of drug-likeness (QED) is 0.876. The van der Waals surface area contributed by atoms with Gasteiger partial charge in [-0.3, -0.25) is 4.79 Å². The van der Waals surface area contributed by atoms with Gasteiger partial charge in [0.05, 0.1) is 11.5 Å². The number of aromatic nitrogens is 1. The van der Waals surface area contributed by atoms with E-state index in [9.17, 15) is 9.90 Å². The molecule has 1 aromatic heterocycles. The number of amides is 1. The van der Waals surface area contributed by atoms with Crippen LogP contribution in [-0.4, -0.2) is 22.6 Å². The topological polar surface area (TPSA) is 54.3 Å². The number of aliphatic hydroxyl groups excluding tert-OH is 1. The van der Waals surface area contributed by atoms with Gasteiger partial charge in [-0.2, -0.15) is 0 Å². The van der Waals surface area contributed by atoms with E-state index in [0.717, 1.165) is 30.5 Å². The zero-order chi connectivity index (χ0) is 14.2. The first-order valence-corrected chi connectivity index (χ1v) is 6.96. The van der Waals surface area contributed by atoms with Crippen LogP contribution in [0.15, 0.2) is 6.07 Å². The van der Waals surface area contributed by atoms with E-state index in [0.29, 0.717) is 6.54 Å². The summed E-state index contributed by atoms with van der Waals surface area (Å²) in [5, 5.41) is 12.8. The Balaban J connectivity index is 2.34. The molecule has 1 heterocycles. The molecule has 1 aromatic rings. The van der Waals surface area contributed by atoms with Crippen LogP contribution in [0.4, 0.5) is 0 Å². The monoisotopic (exact) mass is 264 g/mol. The van der Waals surface area contributed by atoms with Gasteiger partial charge in [0.1, 0.15) is 0 Å². The fourth-order valence-electron chi connectivity index (χ4n) is 2.97. The number of fused-ring (bicyclic) bond motifs is 1. The molecule has 1 atom stereocenters. The highest BCUT2D eigenvalue weighted by molar-refractivity contribution is 5.81. The lowest BCUT2D eigenvalue weighted by Crippen LogP contribution is -2.38. The Bertz CT molecular complexity index is 489. The summed E-state index contributed by atoms with van der Waals surface area (Å²) in [5.41, 5.74) is 2.93. The summed E-state index contributed by atoms with van der Waals surface area (Å²) in [4.78, 5) is 11.9. The molecular formula is C15H24N2O2. The van der Waals surface area contributed by atoms with Gasteiger partial charge in [0.25, 0.3) is 0 Å². The van der Waals surface area contributed by atoms with Crippen molar-refractivity contribution in [3.05, 3.63) is 23.0 Å². The van der Waals surface area contributed by atoms with Crippen LogP contribution < -0.4 is 5.32 Å². The van der Waals surface area contributed by atoms with E-state index in [1.54, 1.807) is 7.05 Å². The normalized spacial score (nSPS) is 19.1. The molecule has 0 fully saturated rings. The maximum atomic E-state index is 11.9. The lowest BCUT2D eigenvalue weighted by Gasteiger charge is -2.27. The highest BCUT2D eigenvalue weighted by Crippen LogP contribution is 2.33. The first kappa shape index (κ1) is 14.1. The number of hydrogen-bond acceptors (Lipinski definition) is 2. The molecule has 4 heteroatoms. The highest BCUT2D eigenvalue weighted by atomic mass is 16.3. The Morgan fingerprint density at radius 2 is 2.26 bits per heavy atom. The number of carbonyl (C=O) groups is 1. The molecule has 1 amide bonds. The minimum absolute atomic E-state index is 0.0470. The van der Waals surface area contributed by atoms with Gasteiger partial charge in [-0.05, 0) is 46.1 Å². The zero-order valence-electron chi connectivity index (χ0n) is 12.3. The van der Waals surface area contributed by atoms with Gasteiger partial charge in [-0.15, -0.1) is 0 Å². The molecule has 4 nitrogen and oxygen atoms in total. The Kier molecular flexibility index (Phi) is 3.72. The predicted octanol–water partition coefficient (Wildman–Crippen LogP) is 1.94. The van der Waals surface area contributed by atoms with Gasteiger partial charge in [-0.1, -0.05) is 0 Å². The third-order valence-corrected chi connectivity index (χ3v) is 4.09. The first-order chi connectivity index (χ1) is 8.86. The summed E-state index contributed by atoms with van der Waals surface area (Å²) in [7, 11) is 1.67. The molecule has 2 N–H and O–H groups in total. The molecule has 0 saturated carbocycles. The molecule has 19 heavy (non-hydrogen) atoms. The summed E-state index contributed by atoms with van der Waals surface area (Å²) in [6.45, 7) is 6.61. The van der Waals surface area contributed by atoms with Gasteiger partial charge in [-0.25, -0.2) is 0 Å². The smallest absolute Gasteiger partial charge is 0.227 e. The largest absolute Gasteiger partial charge is 0.388 e. The van der Waals surface area contributed by atoms with Crippen LogP contribution in [0.2, 0.25) is 0 Å². The van der Waals surface area contributed by atoms with Crippen LogP contribution in [0.1, 0.15) is 49.7 Å². The Morgan fingerprint density at radius 3 is 2.89 bits per heavy atom. The molecule has 0 aromatic carbocycles. The van der Waals surface area contributed by atoms with Gasteiger partial charge in [0.2, 0.25) is 5.91 Å². The van der Waals surface area contributed by atoms with Crippen LogP contribution in [0.3, 0.4) is 0 Å². The Hall–Kier alpha value is -1.29. The molecule has 1 unspecified atom stereocenters. The van der Waals surface area contributed by atoms with Crippen molar-refractivity contribution in [1.29, 1.82) is 0 Å². The minimum atomic E-state index is -0.450. The molecule has 0 saturated heterocycles. The second-order valence-corrected chi connectivity index (χ2v) is 6.14. The summed E-state index contributed by atoms with van der Waals surface area (Å²) in [6, 6.07) is 2.07. The molecule has 0 radical (unpaired) electrons. The number of carbonyl (C=O) groups excluding carboxylic acids is 1. The maximum absolute atomic E-state index is 11.9. The summed E-state index contributed by atoms with van der Waals surface area (Å²) in [6.07, 6.45) is 2.50. The van der Waals surface area contributed by atoms with Crippen LogP contribution in [0.5, 0.6) is 0 Å². The van der Waals surface area contributed by atoms with Crippen molar-refractivity contribution in [2.24, 2.45) is 5.41 Å². The van der Waals surface area contributed by atoms with E-state index in [4.69, 9.17) is 0 Å². The fraction of sp³-hybridized carbons (Fsp3) is 0.667. The standard InChI is InChI=1S/C15H24N2O2/c1-10-8-11-12(6-5-7-13(11)18)17(10)9-15(2,3)14(19)16-4/h8,13,18H,5-7,9H2,1-4H3,(H,16,19).